The quantitative estimate of drug-likeness (QED) is 0.889. The van der Waals surface area contributed by atoms with E-state index in [2.05, 4.69) is 5.32 Å². The number of anilines is 1. The van der Waals surface area contributed by atoms with Gasteiger partial charge in [-0.1, -0.05) is 13.0 Å². The van der Waals surface area contributed by atoms with Crippen LogP contribution >= 0.6 is 0 Å². The maximum Gasteiger partial charge on any atom is 0.240 e. The number of amides is 2. The highest BCUT2D eigenvalue weighted by Gasteiger charge is 2.16. The second-order valence-corrected chi connectivity index (χ2v) is 4.64. The summed E-state index contributed by atoms with van der Waals surface area (Å²) in [5.41, 5.74) is 1.01. The molecule has 1 rings (SSSR count). The molecule has 0 fully saturated rings. The van der Waals surface area contributed by atoms with Crippen molar-refractivity contribution in [2.45, 2.75) is 33.2 Å². The van der Waals surface area contributed by atoms with Gasteiger partial charge in [0.2, 0.25) is 11.8 Å². The summed E-state index contributed by atoms with van der Waals surface area (Å²) in [4.78, 5) is 24.9. The van der Waals surface area contributed by atoms with Crippen molar-refractivity contribution in [1.29, 1.82) is 5.26 Å². The number of carbonyl (C=O) groups is 2. The number of hydrogen-bond acceptors (Lipinski definition) is 3. The van der Waals surface area contributed by atoms with Gasteiger partial charge in [0.25, 0.3) is 0 Å². The first-order chi connectivity index (χ1) is 9.47. The molecule has 5 nitrogen and oxygen atoms in total. The third-order valence-corrected chi connectivity index (χ3v) is 2.99. The molecule has 106 valence electrons. The lowest BCUT2D eigenvalue weighted by atomic mass is 10.2. The highest BCUT2D eigenvalue weighted by Crippen LogP contribution is 2.16. The van der Waals surface area contributed by atoms with Gasteiger partial charge in [-0.25, -0.2) is 0 Å². The van der Waals surface area contributed by atoms with Crippen molar-refractivity contribution < 1.29 is 9.59 Å². The number of hydrogen-bond donors (Lipinski definition) is 1. The third-order valence-electron chi connectivity index (χ3n) is 2.99. The predicted molar refractivity (Wildman–Crippen MR) is 77.1 cm³/mol. The Labute approximate surface area is 119 Å². The van der Waals surface area contributed by atoms with Crippen LogP contribution in [0.3, 0.4) is 0 Å². The van der Waals surface area contributed by atoms with Gasteiger partial charge in [-0.2, -0.15) is 5.26 Å². The van der Waals surface area contributed by atoms with Crippen molar-refractivity contribution in [1.82, 2.24) is 5.32 Å². The van der Waals surface area contributed by atoms with E-state index in [1.165, 1.54) is 11.8 Å². The van der Waals surface area contributed by atoms with Gasteiger partial charge in [-0.05, 0) is 31.5 Å². The lowest BCUT2D eigenvalue weighted by molar-refractivity contribution is -0.123. The van der Waals surface area contributed by atoms with E-state index in [1.807, 2.05) is 19.9 Å². The minimum Gasteiger partial charge on any atom is -0.352 e. The monoisotopic (exact) mass is 273 g/mol. The zero-order valence-electron chi connectivity index (χ0n) is 12.0. The summed E-state index contributed by atoms with van der Waals surface area (Å²) in [6.45, 7) is 5.24. The van der Waals surface area contributed by atoms with Crippen LogP contribution in [-0.2, 0) is 9.59 Å². The first-order valence-electron chi connectivity index (χ1n) is 6.55. The Balaban J connectivity index is 2.87. The predicted octanol–water partition coefficient (Wildman–Crippen LogP) is 1.83. The molecular formula is C15H19N3O2. The van der Waals surface area contributed by atoms with E-state index >= 15 is 0 Å². The summed E-state index contributed by atoms with van der Waals surface area (Å²) >= 11 is 0. The largest absolute Gasteiger partial charge is 0.352 e. The van der Waals surface area contributed by atoms with Gasteiger partial charge in [0.15, 0.2) is 0 Å². The van der Waals surface area contributed by atoms with Crippen LogP contribution in [0, 0.1) is 11.3 Å². The van der Waals surface area contributed by atoms with Gasteiger partial charge in [-0.3, -0.25) is 9.59 Å². The fourth-order valence-corrected chi connectivity index (χ4v) is 1.69. The van der Waals surface area contributed by atoms with Crippen LogP contribution in [0.25, 0.3) is 0 Å². The van der Waals surface area contributed by atoms with Crippen molar-refractivity contribution in [3.05, 3.63) is 29.8 Å². The molecule has 0 spiro atoms. The maximum absolute atomic E-state index is 11.9. The van der Waals surface area contributed by atoms with Crippen molar-refractivity contribution in [3.8, 4) is 6.07 Å². The Hall–Kier alpha value is -2.35. The van der Waals surface area contributed by atoms with Crippen LogP contribution in [0.2, 0.25) is 0 Å². The van der Waals surface area contributed by atoms with E-state index in [4.69, 9.17) is 5.26 Å². The molecule has 1 aromatic rings. The van der Waals surface area contributed by atoms with Crippen molar-refractivity contribution in [2.75, 3.05) is 11.4 Å². The van der Waals surface area contributed by atoms with Crippen LogP contribution in [0.1, 0.15) is 32.8 Å². The maximum atomic E-state index is 11.9. The van der Waals surface area contributed by atoms with Crippen molar-refractivity contribution >= 4 is 17.5 Å². The molecule has 0 aliphatic rings. The smallest absolute Gasteiger partial charge is 0.240 e. The van der Waals surface area contributed by atoms with Crippen LogP contribution < -0.4 is 10.2 Å². The first-order valence-corrected chi connectivity index (χ1v) is 6.55. The second-order valence-electron chi connectivity index (χ2n) is 4.64. The second kappa shape index (κ2) is 7.29. The minimum absolute atomic E-state index is 0.0471. The molecule has 0 aliphatic carbocycles. The molecule has 1 aromatic carbocycles. The van der Waals surface area contributed by atoms with E-state index in [-0.39, 0.29) is 24.4 Å². The summed E-state index contributed by atoms with van der Waals surface area (Å²) in [5, 5.41) is 11.7. The van der Waals surface area contributed by atoms with Crippen molar-refractivity contribution in [3.63, 3.8) is 0 Å². The Kier molecular flexibility index (Phi) is 5.73. The average Bonchev–Trinajstić information content (AvgIpc) is 2.44. The van der Waals surface area contributed by atoms with Gasteiger partial charge in [-0.15, -0.1) is 0 Å². The topological polar surface area (TPSA) is 73.2 Å². The third kappa shape index (κ3) is 4.39. The van der Waals surface area contributed by atoms with Crippen LogP contribution in [0.5, 0.6) is 0 Å². The van der Waals surface area contributed by atoms with Gasteiger partial charge in [0.05, 0.1) is 11.6 Å². The molecule has 1 N–H and O–H groups in total. The first kappa shape index (κ1) is 15.7. The molecule has 5 heteroatoms. The normalized spacial score (nSPS) is 11.3. The molecule has 20 heavy (non-hydrogen) atoms. The number of rotatable bonds is 5. The summed E-state index contributed by atoms with van der Waals surface area (Å²) in [5.74, 6) is -0.448. The molecule has 0 aromatic heterocycles. The SMILES string of the molecule is CCC(C)NC(=O)CN(C(C)=O)c1cccc(C#N)c1. The van der Waals surface area contributed by atoms with Crippen LogP contribution in [0.15, 0.2) is 24.3 Å². The highest BCUT2D eigenvalue weighted by atomic mass is 16.2. The number of carbonyl (C=O) groups excluding carboxylic acids is 2. The molecule has 0 aliphatic heterocycles. The molecule has 0 saturated carbocycles. The molecule has 2 amide bonds. The zero-order chi connectivity index (χ0) is 15.1. The van der Waals surface area contributed by atoms with Crippen LogP contribution in [-0.4, -0.2) is 24.4 Å². The highest BCUT2D eigenvalue weighted by molar-refractivity contribution is 5.97. The van der Waals surface area contributed by atoms with E-state index < -0.39 is 0 Å². The number of benzene rings is 1. The van der Waals surface area contributed by atoms with Gasteiger partial charge in [0.1, 0.15) is 6.54 Å². The number of nitrogens with zero attached hydrogens (tertiary/aromatic N) is 2. The fourth-order valence-electron chi connectivity index (χ4n) is 1.69. The lowest BCUT2D eigenvalue weighted by Crippen LogP contribution is -2.42. The molecular weight excluding hydrogens is 254 g/mol. The minimum atomic E-state index is -0.237. The van der Waals surface area contributed by atoms with Gasteiger partial charge in [0, 0.05) is 18.7 Å². The van der Waals surface area contributed by atoms with Gasteiger partial charge >= 0.3 is 0 Å². The number of nitriles is 1. The Morgan fingerprint density at radius 3 is 2.70 bits per heavy atom. The number of nitrogens with one attached hydrogen (secondary N) is 1. The summed E-state index contributed by atoms with van der Waals surface area (Å²) < 4.78 is 0. The Morgan fingerprint density at radius 2 is 2.15 bits per heavy atom. The summed E-state index contributed by atoms with van der Waals surface area (Å²) in [6, 6.07) is 8.74. The fraction of sp³-hybridized carbons (Fsp3) is 0.400. The molecule has 0 heterocycles. The van der Waals surface area contributed by atoms with E-state index in [1.54, 1.807) is 24.3 Å². The van der Waals surface area contributed by atoms with Crippen molar-refractivity contribution in [2.24, 2.45) is 0 Å². The molecule has 0 bridgehead atoms. The van der Waals surface area contributed by atoms with Crippen LogP contribution in [0.4, 0.5) is 5.69 Å². The lowest BCUT2D eigenvalue weighted by Gasteiger charge is -2.22. The molecule has 0 radical (unpaired) electrons. The summed E-state index contributed by atoms with van der Waals surface area (Å²) in [6.07, 6.45) is 0.829. The summed E-state index contributed by atoms with van der Waals surface area (Å²) in [7, 11) is 0. The Bertz CT molecular complexity index is 534. The van der Waals surface area contributed by atoms with Gasteiger partial charge < -0.3 is 10.2 Å². The Morgan fingerprint density at radius 1 is 1.45 bits per heavy atom. The average molecular weight is 273 g/mol. The molecule has 1 unspecified atom stereocenters. The standard InChI is InChI=1S/C15H19N3O2/c1-4-11(2)17-15(20)10-18(12(3)19)14-7-5-6-13(8-14)9-16/h5-8,11H,4,10H2,1-3H3,(H,17,20). The zero-order valence-corrected chi connectivity index (χ0v) is 12.0. The van der Waals surface area contributed by atoms with E-state index in [0.29, 0.717) is 11.3 Å². The molecule has 1 atom stereocenters. The van der Waals surface area contributed by atoms with E-state index in [9.17, 15) is 9.59 Å². The molecule has 0 saturated heterocycles. The van der Waals surface area contributed by atoms with E-state index in [0.717, 1.165) is 6.42 Å².